The van der Waals surface area contributed by atoms with Crippen LogP contribution < -0.4 is 5.32 Å². The van der Waals surface area contributed by atoms with Crippen molar-refractivity contribution in [3.63, 3.8) is 0 Å². The number of nitrogens with one attached hydrogen (secondary N) is 2. The van der Waals surface area contributed by atoms with Crippen molar-refractivity contribution in [1.82, 2.24) is 20.2 Å². The largest absolute Gasteiger partial charge is 0.346 e. The van der Waals surface area contributed by atoms with Gasteiger partial charge in [-0.05, 0) is 48.6 Å². The second-order valence-electron chi connectivity index (χ2n) is 8.98. The fourth-order valence-electron chi connectivity index (χ4n) is 4.77. The number of aromatic amines is 1. The van der Waals surface area contributed by atoms with Gasteiger partial charge in [-0.15, -0.1) is 0 Å². The first-order chi connectivity index (χ1) is 15.9. The molecule has 172 valence electrons. The van der Waals surface area contributed by atoms with E-state index in [4.69, 9.17) is 0 Å². The van der Waals surface area contributed by atoms with Crippen LogP contribution in [-0.2, 0) is 9.84 Å². The normalized spacial score (nSPS) is 17.4. The van der Waals surface area contributed by atoms with Crippen LogP contribution in [0.3, 0.4) is 0 Å². The zero-order valence-electron chi connectivity index (χ0n) is 18.7. The lowest BCUT2D eigenvalue weighted by atomic mass is 9.98. The lowest BCUT2D eigenvalue weighted by Gasteiger charge is -2.28. The van der Waals surface area contributed by atoms with Crippen molar-refractivity contribution in [2.75, 3.05) is 19.3 Å². The van der Waals surface area contributed by atoms with E-state index in [2.05, 4.69) is 27.4 Å². The van der Waals surface area contributed by atoms with Gasteiger partial charge in [0.15, 0.2) is 9.84 Å². The number of fused-ring (bicyclic) bond motifs is 1. The first-order valence-corrected chi connectivity index (χ1v) is 13.3. The predicted octanol–water partition coefficient (Wildman–Crippen LogP) is 4.37. The molecule has 33 heavy (non-hydrogen) atoms. The van der Waals surface area contributed by atoms with Gasteiger partial charge in [-0.3, -0.25) is 0 Å². The second kappa shape index (κ2) is 8.67. The van der Waals surface area contributed by atoms with Crippen LogP contribution in [0, 0.1) is 0 Å². The summed E-state index contributed by atoms with van der Waals surface area (Å²) in [5.41, 5.74) is 4.73. The van der Waals surface area contributed by atoms with Crippen LogP contribution in [0.15, 0.2) is 53.7 Å². The lowest BCUT2D eigenvalue weighted by molar-refractivity contribution is 0.199. The van der Waals surface area contributed by atoms with Crippen molar-refractivity contribution in [2.45, 2.75) is 43.0 Å². The van der Waals surface area contributed by atoms with Gasteiger partial charge in [0.1, 0.15) is 5.65 Å². The molecule has 7 nitrogen and oxygen atoms in total. The van der Waals surface area contributed by atoms with Gasteiger partial charge in [0.25, 0.3) is 0 Å². The van der Waals surface area contributed by atoms with E-state index in [0.29, 0.717) is 24.0 Å². The van der Waals surface area contributed by atoms with Crippen LogP contribution in [0.1, 0.15) is 37.7 Å². The van der Waals surface area contributed by atoms with Crippen LogP contribution in [-0.4, -0.2) is 54.7 Å². The number of carbonyl (C=O) groups is 1. The van der Waals surface area contributed by atoms with Crippen LogP contribution in [0.25, 0.3) is 27.7 Å². The molecular formula is C25H28N4O3S. The molecule has 0 saturated heterocycles. The molecule has 0 bridgehead atoms. The fourth-order valence-corrected chi connectivity index (χ4v) is 5.43. The molecule has 8 heteroatoms. The molecule has 2 aliphatic rings. The first-order valence-electron chi connectivity index (χ1n) is 11.4. The maximum atomic E-state index is 12.6. The van der Waals surface area contributed by atoms with Gasteiger partial charge < -0.3 is 15.2 Å². The molecule has 1 saturated carbocycles. The van der Waals surface area contributed by atoms with Crippen molar-refractivity contribution >= 4 is 32.5 Å². The Morgan fingerprint density at radius 3 is 2.73 bits per heavy atom. The second-order valence-corrected chi connectivity index (χ2v) is 11.0. The summed E-state index contributed by atoms with van der Waals surface area (Å²) in [5, 5.41) is 4.16. The highest BCUT2D eigenvalue weighted by Crippen LogP contribution is 2.32. The van der Waals surface area contributed by atoms with E-state index >= 15 is 0 Å². The Balaban J connectivity index is 1.38. The number of carbonyl (C=O) groups excluding carboxylic acids is 1. The summed E-state index contributed by atoms with van der Waals surface area (Å²) in [7, 11) is -3.28. The van der Waals surface area contributed by atoms with Gasteiger partial charge in [-0.2, -0.15) is 0 Å². The number of aromatic nitrogens is 2. The molecule has 1 aromatic carbocycles. The van der Waals surface area contributed by atoms with Crippen LogP contribution >= 0.6 is 0 Å². The minimum Gasteiger partial charge on any atom is -0.346 e. The van der Waals surface area contributed by atoms with E-state index in [-0.39, 0.29) is 6.03 Å². The van der Waals surface area contributed by atoms with Gasteiger partial charge in [0, 0.05) is 54.3 Å². The summed E-state index contributed by atoms with van der Waals surface area (Å²) in [4.78, 5) is 22.5. The Hall–Kier alpha value is -3.13. The topological polar surface area (TPSA) is 95.2 Å². The summed E-state index contributed by atoms with van der Waals surface area (Å²) >= 11 is 0. The summed E-state index contributed by atoms with van der Waals surface area (Å²) in [6.45, 7) is 1.27. The average Bonchev–Trinajstić information content (AvgIpc) is 3.48. The van der Waals surface area contributed by atoms with Crippen molar-refractivity contribution in [2.24, 2.45) is 0 Å². The third kappa shape index (κ3) is 4.53. The Bertz CT molecular complexity index is 1340. The molecular weight excluding hydrogens is 436 g/mol. The lowest BCUT2D eigenvalue weighted by Crippen LogP contribution is -2.45. The maximum Gasteiger partial charge on any atom is 0.317 e. The minimum absolute atomic E-state index is 0.0332. The highest BCUT2D eigenvalue weighted by molar-refractivity contribution is 7.90. The molecule has 0 atom stereocenters. The molecule has 1 aliphatic carbocycles. The van der Waals surface area contributed by atoms with E-state index < -0.39 is 9.84 Å². The number of amides is 2. The third-order valence-electron chi connectivity index (χ3n) is 6.65. The molecule has 3 aromatic rings. The van der Waals surface area contributed by atoms with Crippen molar-refractivity contribution in [3.8, 4) is 11.1 Å². The molecule has 2 aromatic heterocycles. The number of H-pyrrole nitrogens is 1. The van der Waals surface area contributed by atoms with Crippen molar-refractivity contribution < 1.29 is 13.2 Å². The number of nitrogens with zero attached hydrogens (tertiary/aromatic N) is 2. The molecule has 2 N–H and O–H groups in total. The third-order valence-corrected chi connectivity index (χ3v) is 7.76. The predicted molar refractivity (Wildman–Crippen MR) is 130 cm³/mol. The highest BCUT2D eigenvalue weighted by atomic mass is 32.2. The Morgan fingerprint density at radius 2 is 2.00 bits per heavy atom. The van der Waals surface area contributed by atoms with Gasteiger partial charge in [0.2, 0.25) is 0 Å². The molecule has 3 heterocycles. The standard InChI is InChI=1S/C25H28N4O3S/c1-33(31,32)21-8-4-5-18(13-21)19-14-22-23(16-27-24(22)26-15-19)17-9-11-29(12-10-17)25(30)28-20-6-2-3-7-20/h4-5,8-9,13-16,20H,2-3,6-7,10-12H2,1H3,(H,26,27)(H,28,30). The summed E-state index contributed by atoms with van der Waals surface area (Å²) in [6.07, 6.45) is 12.4. The van der Waals surface area contributed by atoms with Crippen LogP contribution in [0.5, 0.6) is 0 Å². The zero-order chi connectivity index (χ0) is 23.0. The van der Waals surface area contributed by atoms with Gasteiger partial charge in [-0.1, -0.05) is 31.1 Å². The van der Waals surface area contributed by atoms with Crippen LogP contribution in [0.4, 0.5) is 4.79 Å². The van der Waals surface area contributed by atoms with Crippen molar-refractivity contribution in [3.05, 3.63) is 54.4 Å². The molecule has 1 aliphatic heterocycles. The number of hydrogen-bond donors (Lipinski definition) is 2. The quantitative estimate of drug-likeness (QED) is 0.599. The number of hydrogen-bond acceptors (Lipinski definition) is 4. The number of pyridine rings is 1. The molecule has 1 fully saturated rings. The summed E-state index contributed by atoms with van der Waals surface area (Å²) < 4.78 is 23.9. The smallest absolute Gasteiger partial charge is 0.317 e. The molecule has 0 unspecified atom stereocenters. The SMILES string of the molecule is CS(=O)(=O)c1cccc(-c2cnc3[nH]cc(C4=CCN(C(=O)NC5CCCC5)CC4)c3c2)c1. The summed E-state index contributed by atoms with van der Waals surface area (Å²) in [6, 6.07) is 9.34. The van der Waals surface area contributed by atoms with E-state index in [0.717, 1.165) is 47.0 Å². The fraction of sp³-hybridized carbons (Fsp3) is 0.360. The van der Waals surface area contributed by atoms with Gasteiger partial charge in [0.05, 0.1) is 4.90 Å². The number of sulfone groups is 1. The molecule has 2 amide bonds. The number of benzene rings is 1. The Labute approximate surface area is 193 Å². The van der Waals surface area contributed by atoms with Crippen LogP contribution in [0.2, 0.25) is 0 Å². The highest BCUT2D eigenvalue weighted by Gasteiger charge is 2.23. The molecule has 0 radical (unpaired) electrons. The summed E-state index contributed by atoms with van der Waals surface area (Å²) in [5.74, 6) is 0. The molecule has 5 rings (SSSR count). The molecule has 0 spiro atoms. The van der Waals surface area contributed by atoms with E-state index in [1.165, 1.54) is 24.7 Å². The Kier molecular flexibility index (Phi) is 5.70. The van der Waals surface area contributed by atoms with E-state index in [9.17, 15) is 13.2 Å². The van der Waals surface area contributed by atoms with Crippen molar-refractivity contribution in [1.29, 1.82) is 0 Å². The average molecular weight is 465 g/mol. The number of urea groups is 1. The van der Waals surface area contributed by atoms with Gasteiger partial charge in [-0.25, -0.2) is 18.2 Å². The first kappa shape index (κ1) is 21.7. The zero-order valence-corrected chi connectivity index (χ0v) is 19.5. The van der Waals surface area contributed by atoms with E-state index in [1.54, 1.807) is 24.4 Å². The minimum atomic E-state index is -3.28. The Morgan fingerprint density at radius 1 is 1.18 bits per heavy atom. The van der Waals surface area contributed by atoms with Gasteiger partial charge >= 0.3 is 6.03 Å². The number of rotatable bonds is 4. The maximum absolute atomic E-state index is 12.6. The van der Waals surface area contributed by atoms with E-state index in [1.807, 2.05) is 17.2 Å². The monoisotopic (exact) mass is 464 g/mol.